The lowest BCUT2D eigenvalue weighted by Crippen LogP contribution is -2.38. The third-order valence-electron chi connectivity index (χ3n) is 5.03. The Morgan fingerprint density at radius 3 is 2.22 bits per heavy atom. The highest BCUT2D eigenvalue weighted by Gasteiger charge is 2.32. The molecular weight excluding hydrogens is 336 g/mol. The molecule has 0 unspecified atom stereocenters. The summed E-state index contributed by atoms with van der Waals surface area (Å²) in [4.78, 5) is 27.4. The zero-order valence-electron chi connectivity index (χ0n) is 17.1. The summed E-state index contributed by atoms with van der Waals surface area (Å²) in [5.74, 6) is -0.00778. The van der Waals surface area contributed by atoms with Crippen LogP contribution in [-0.2, 0) is 11.2 Å². The van der Waals surface area contributed by atoms with Crippen molar-refractivity contribution in [3.05, 3.63) is 58.1 Å². The zero-order chi connectivity index (χ0) is 19.9. The number of carbonyl (C=O) groups is 2. The molecule has 0 saturated carbocycles. The first-order valence-corrected chi connectivity index (χ1v) is 9.42. The van der Waals surface area contributed by atoms with E-state index in [1.807, 2.05) is 76.8 Å². The first kappa shape index (κ1) is 19.2. The third kappa shape index (κ3) is 3.75. The van der Waals surface area contributed by atoms with Crippen LogP contribution in [0.2, 0.25) is 0 Å². The topological polar surface area (TPSA) is 49.4 Å². The van der Waals surface area contributed by atoms with Crippen LogP contribution in [0.4, 0.5) is 11.4 Å². The first-order valence-electron chi connectivity index (χ1n) is 9.42. The van der Waals surface area contributed by atoms with Crippen LogP contribution in [0.1, 0.15) is 53.4 Å². The number of carbonyl (C=O) groups excluding carboxylic acids is 2. The van der Waals surface area contributed by atoms with Crippen LogP contribution in [0, 0.1) is 26.2 Å². The number of nitrogens with zero attached hydrogens (tertiary/aromatic N) is 1. The molecule has 0 aromatic heterocycles. The summed E-state index contributed by atoms with van der Waals surface area (Å²) < 4.78 is 0. The van der Waals surface area contributed by atoms with Crippen LogP contribution in [0.25, 0.3) is 0 Å². The fraction of sp³-hybridized carbons (Fsp3) is 0.391. The van der Waals surface area contributed by atoms with Crippen molar-refractivity contribution in [1.29, 1.82) is 0 Å². The molecule has 1 heterocycles. The molecule has 0 saturated heterocycles. The number of hydrogen-bond acceptors (Lipinski definition) is 2. The van der Waals surface area contributed by atoms with Crippen molar-refractivity contribution in [2.24, 2.45) is 5.41 Å². The number of hydrogen-bond donors (Lipinski definition) is 1. The van der Waals surface area contributed by atoms with E-state index in [0.717, 1.165) is 34.4 Å². The fourth-order valence-electron chi connectivity index (χ4n) is 3.80. The summed E-state index contributed by atoms with van der Waals surface area (Å²) in [5.41, 5.74) is 6.13. The van der Waals surface area contributed by atoms with Crippen molar-refractivity contribution >= 4 is 23.2 Å². The van der Waals surface area contributed by atoms with E-state index in [-0.39, 0.29) is 11.8 Å². The quantitative estimate of drug-likeness (QED) is 0.832. The maximum absolute atomic E-state index is 12.9. The molecule has 0 spiro atoms. The van der Waals surface area contributed by atoms with Gasteiger partial charge in [-0.15, -0.1) is 0 Å². The van der Waals surface area contributed by atoms with Crippen molar-refractivity contribution in [2.75, 3.05) is 16.8 Å². The average Bonchev–Trinajstić information content (AvgIpc) is 2.95. The second kappa shape index (κ2) is 6.84. The van der Waals surface area contributed by atoms with Gasteiger partial charge < -0.3 is 10.2 Å². The summed E-state index contributed by atoms with van der Waals surface area (Å²) in [6.07, 6.45) is 0.849. The molecule has 2 amide bonds. The van der Waals surface area contributed by atoms with Gasteiger partial charge in [-0.2, -0.15) is 0 Å². The highest BCUT2D eigenvalue weighted by atomic mass is 16.2. The highest BCUT2D eigenvalue weighted by Crippen LogP contribution is 2.34. The number of nitrogens with one attached hydrogen (secondary N) is 1. The average molecular weight is 364 g/mol. The van der Waals surface area contributed by atoms with Crippen LogP contribution in [0.15, 0.2) is 30.3 Å². The summed E-state index contributed by atoms with van der Waals surface area (Å²) in [5, 5.41) is 3.01. The smallest absolute Gasteiger partial charge is 0.256 e. The maximum atomic E-state index is 12.9. The maximum Gasteiger partial charge on any atom is 0.256 e. The third-order valence-corrected chi connectivity index (χ3v) is 5.03. The normalized spacial score (nSPS) is 13.5. The molecule has 4 nitrogen and oxygen atoms in total. The Morgan fingerprint density at radius 1 is 1.00 bits per heavy atom. The van der Waals surface area contributed by atoms with E-state index in [9.17, 15) is 9.59 Å². The molecule has 1 aliphatic rings. The minimum Gasteiger partial charge on any atom is -0.322 e. The summed E-state index contributed by atoms with van der Waals surface area (Å²) in [6.45, 7) is 12.4. The number of rotatable bonds is 2. The molecular formula is C23H28N2O2. The van der Waals surface area contributed by atoms with Crippen molar-refractivity contribution in [1.82, 2.24) is 0 Å². The monoisotopic (exact) mass is 364 g/mol. The van der Waals surface area contributed by atoms with Gasteiger partial charge in [-0.05, 0) is 56.0 Å². The number of amides is 2. The van der Waals surface area contributed by atoms with Gasteiger partial charge in [-0.3, -0.25) is 9.59 Å². The van der Waals surface area contributed by atoms with Crippen LogP contribution in [0.5, 0.6) is 0 Å². The van der Waals surface area contributed by atoms with Crippen molar-refractivity contribution in [3.8, 4) is 0 Å². The van der Waals surface area contributed by atoms with Gasteiger partial charge in [0.05, 0.1) is 0 Å². The van der Waals surface area contributed by atoms with E-state index in [1.54, 1.807) is 0 Å². The fourth-order valence-corrected chi connectivity index (χ4v) is 3.80. The van der Waals surface area contributed by atoms with Gasteiger partial charge in [-0.25, -0.2) is 0 Å². The summed E-state index contributed by atoms with van der Waals surface area (Å²) in [7, 11) is 0. The van der Waals surface area contributed by atoms with E-state index in [1.165, 1.54) is 0 Å². The number of benzene rings is 2. The lowest BCUT2D eigenvalue weighted by Gasteiger charge is -2.26. The Bertz CT molecular complexity index is 899. The van der Waals surface area contributed by atoms with Gasteiger partial charge in [0.25, 0.3) is 5.91 Å². The molecule has 0 atom stereocenters. The summed E-state index contributed by atoms with van der Waals surface area (Å²) in [6, 6.07) is 9.89. The summed E-state index contributed by atoms with van der Waals surface area (Å²) >= 11 is 0. The van der Waals surface area contributed by atoms with Crippen LogP contribution in [-0.4, -0.2) is 18.4 Å². The second-order valence-corrected chi connectivity index (χ2v) is 8.53. The predicted molar refractivity (Wildman–Crippen MR) is 111 cm³/mol. The van der Waals surface area contributed by atoms with Gasteiger partial charge >= 0.3 is 0 Å². The molecule has 2 aromatic rings. The molecule has 1 aliphatic heterocycles. The predicted octanol–water partition coefficient (Wildman–Crippen LogP) is 4.80. The lowest BCUT2D eigenvalue weighted by molar-refractivity contribution is -0.125. The Labute approximate surface area is 161 Å². The second-order valence-electron chi connectivity index (χ2n) is 8.53. The van der Waals surface area contributed by atoms with Crippen LogP contribution >= 0.6 is 0 Å². The number of anilines is 2. The SMILES string of the molecule is Cc1cc(C)c(C(=O)Nc2ccc3c(c2)N(C(=O)C(C)(C)C)CC3)c(C)c1. The van der Waals surface area contributed by atoms with Gasteiger partial charge in [0.2, 0.25) is 5.91 Å². The van der Waals surface area contributed by atoms with E-state index >= 15 is 0 Å². The Kier molecular flexibility index (Phi) is 4.85. The van der Waals surface area contributed by atoms with Gasteiger partial charge in [0.15, 0.2) is 0 Å². The van der Waals surface area contributed by atoms with Crippen LogP contribution in [0.3, 0.4) is 0 Å². The van der Waals surface area contributed by atoms with Gasteiger partial charge in [-0.1, -0.05) is 44.5 Å². The lowest BCUT2D eigenvalue weighted by atomic mass is 9.94. The van der Waals surface area contributed by atoms with Crippen molar-refractivity contribution < 1.29 is 9.59 Å². The highest BCUT2D eigenvalue weighted by molar-refractivity contribution is 6.07. The molecule has 3 rings (SSSR count). The standard InChI is InChI=1S/C23H28N2O2/c1-14-11-15(2)20(16(3)12-14)21(26)24-18-8-7-17-9-10-25(19(17)13-18)22(27)23(4,5)6/h7-8,11-13H,9-10H2,1-6H3,(H,24,26). The number of fused-ring (bicyclic) bond motifs is 1. The van der Waals surface area contributed by atoms with E-state index < -0.39 is 5.41 Å². The van der Waals surface area contributed by atoms with E-state index in [2.05, 4.69) is 5.32 Å². The van der Waals surface area contributed by atoms with Crippen molar-refractivity contribution in [3.63, 3.8) is 0 Å². The van der Waals surface area contributed by atoms with Gasteiger partial charge in [0, 0.05) is 28.9 Å². The van der Waals surface area contributed by atoms with Gasteiger partial charge in [0.1, 0.15) is 0 Å². The molecule has 4 heteroatoms. The molecule has 0 fully saturated rings. The molecule has 0 aliphatic carbocycles. The van der Waals surface area contributed by atoms with Crippen LogP contribution < -0.4 is 10.2 Å². The van der Waals surface area contributed by atoms with Crippen molar-refractivity contribution in [2.45, 2.75) is 48.0 Å². The minimum absolute atomic E-state index is 0.106. The Morgan fingerprint density at radius 2 is 1.63 bits per heavy atom. The molecule has 0 bridgehead atoms. The number of aryl methyl sites for hydroxylation is 3. The molecule has 142 valence electrons. The van der Waals surface area contributed by atoms with E-state index in [4.69, 9.17) is 0 Å². The molecule has 1 N–H and O–H groups in total. The first-order chi connectivity index (χ1) is 12.6. The minimum atomic E-state index is -0.434. The Hall–Kier alpha value is -2.62. The molecule has 27 heavy (non-hydrogen) atoms. The molecule has 0 radical (unpaired) electrons. The largest absolute Gasteiger partial charge is 0.322 e. The Balaban J connectivity index is 1.88. The zero-order valence-corrected chi connectivity index (χ0v) is 17.1. The van der Waals surface area contributed by atoms with E-state index in [0.29, 0.717) is 17.8 Å². The molecule has 2 aromatic carbocycles.